The summed E-state index contributed by atoms with van der Waals surface area (Å²) >= 11 is 1.09. The number of ether oxygens (including phenoxy) is 1. The summed E-state index contributed by atoms with van der Waals surface area (Å²) in [5.41, 5.74) is 6.33. The second kappa shape index (κ2) is 20.4. The fourth-order valence-corrected chi connectivity index (χ4v) is 4.97. The number of alkyl halides is 6. The van der Waals surface area contributed by atoms with E-state index in [1.54, 1.807) is 18.0 Å². The smallest absolute Gasteiger partial charge is 0.481 e. The van der Waals surface area contributed by atoms with Crippen LogP contribution in [0.5, 0.6) is 5.75 Å². The summed E-state index contributed by atoms with van der Waals surface area (Å²) in [5, 5.41) is 40.1. The number of thiophene rings is 1. The van der Waals surface area contributed by atoms with Gasteiger partial charge in [0.15, 0.2) is 17.3 Å². The summed E-state index contributed by atoms with van der Waals surface area (Å²) in [6.45, 7) is 0.222. The molecule has 14 nitrogen and oxygen atoms in total. The zero-order valence-electron chi connectivity index (χ0n) is 27.5. The van der Waals surface area contributed by atoms with E-state index in [9.17, 15) is 55.0 Å². The van der Waals surface area contributed by atoms with Crippen LogP contribution in [0.2, 0.25) is 0 Å². The summed E-state index contributed by atoms with van der Waals surface area (Å²) in [6.07, 6.45) is -11.0. The Morgan fingerprint density at radius 1 is 0.852 bits per heavy atom. The van der Waals surface area contributed by atoms with E-state index < -0.39 is 78.6 Å². The molecule has 3 rings (SSSR count). The van der Waals surface area contributed by atoms with Crippen molar-refractivity contribution in [1.82, 2.24) is 4.90 Å². The van der Waals surface area contributed by atoms with Crippen molar-refractivity contribution >= 4 is 52.8 Å². The minimum Gasteiger partial charge on any atom is -0.481 e. The number of esters is 1. The largest absolute Gasteiger partial charge is 0.490 e. The number of amidine groups is 1. The Bertz CT molecular complexity index is 1790. The molecule has 0 saturated carbocycles. The number of nitrogens with one attached hydrogen (secondary N) is 1. The van der Waals surface area contributed by atoms with Gasteiger partial charge in [0.2, 0.25) is 0 Å². The lowest BCUT2D eigenvalue weighted by Gasteiger charge is -2.27. The Morgan fingerprint density at radius 3 is 1.83 bits per heavy atom. The number of nitrogens with two attached hydrogens (primary N) is 1. The summed E-state index contributed by atoms with van der Waals surface area (Å²) < 4.78 is 82.9. The SMILES string of the molecule is CN(Cc1ccc(C(=O)Oc2ccc(C(=N)N)cc2F)s1)[C@@H](Cc1ccccc1)C(=O)C[C@@H](CC(=O)O)C(=O)O.O=C(O)C(F)(F)F.O=C(O)C(F)(F)F. The highest BCUT2D eigenvalue weighted by molar-refractivity contribution is 7.13. The first-order valence-electron chi connectivity index (χ1n) is 14.6. The molecule has 54 heavy (non-hydrogen) atoms. The molecule has 2 atom stereocenters. The molecule has 7 N–H and O–H groups in total. The van der Waals surface area contributed by atoms with E-state index in [0.29, 0.717) is 4.88 Å². The number of halogens is 7. The van der Waals surface area contributed by atoms with Crippen LogP contribution < -0.4 is 10.5 Å². The molecule has 0 spiro atoms. The van der Waals surface area contributed by atoms with Crippen LogP contribution in [0.4, 0.5) is 30.7 Å². The second-order valence-electron chi connectivity index (χ2n) is 10.7. The standard InChI is InChI=1S/C28H28FN3O7S.2C2HF3O2/c1-32(21(11-16-5-3-2-4-6-16)22(33)13-18(27(36)37)14-25(34)35)15-19-8-10-24(40-19)28(38)39-23-9-7-17(26(30)31)12-20(23)29;2*3-2(4,5)1(6)7/h2-10,12,18,21H,11,13-15H2,1H3,(H3,30,31)(H,34,35)(H,36,37);2*(H,6,7)/t18-,21-;;/m0../s1. The average Bonchev–Trinajstić information content (AvgIpc) is 3.52. The van der Waals surface area contributed by atoms with Gasteiger partial charge in [-0.15, -0.1) is 11.3 Å². The number of nitrogens with zero attached hydrogens (tertiary/aromatic N) is 1. The monoisotopic (exact) mass is 797 g/mol. The average molecular weight is 798 g/mol. The zero-order valence-corrected chi connectivity index (χ0v) is 28.3. The van der Waals surface area contributed by atoms with Gasteiger partial charge in [-0.3, -0.25) is 24.7 Å². The second-order valence-corrected chi connectivity index (χ2v) is 11.9. The van der Waals surface area contributed by atoms with E-state index in [1.807, 2.05) is 30.3 Å². The van der Waals surface area contributed by atoms with Crippen LogP contribution in [-0.2, 0) is 36.9 Å². The fourth-order valence-electron chi connectivity index (χ4n) is 4.02. The van der Waals surface area contributed by atoms with Crippen molar-refractivity contribution in [3.8, 4) is 5.75 Å². The Morgan fingerprint density at radius 2 is 1.39 bits per heavy atom. The van der Waals surface area contributed by atoms with Crippen LogP contribution in [0, 0.1) is 17.1 Å². The number of carboxylic acid groups (broad SMARTS) is 4. The van der Waals surface area contributed by atoms with Gasteiger partial charge >= 0.3 is 42.2 Å². The summed E-state index contributed by atoms with van der Waals surface area (Å²) in [6, 6.07) is 15.1. The Labute approximate surface area is 303 Å². The third-order valence-electron chi connectivity index (χ3n) is 6.59. The van der Waals surface area contributed by atoms with Crippen molar-refractivity contribution in [2.24, 2.45) is 11.7 Å². The van der Waals surface area contributed by atoms with Gasteiger partial charge in [0.25, 0.3) is 0 Å². The van der Waals surface area contributed by atoms with Gasteiger partial charge in [0.1, 0.15) is 10.7 Å². The molecule has 3 aromatic rings. The van der Waals surface area contributed by atoms with E-state index in [4.69, 9.17) is 40.8 Å². The van der Waals surface area contributed by atoms with Gasteiger partial charge in [0, 0.05) is 23.4 Å². The molecule has 0 aliphatic heterocycles. The van der Waals surface area contributed by atoms with Crippen LogP contribution in [0.15, 0.2) is 60.7 Å². The molecule has 0 aliphatic rings. The first-order valence-corrected chi connectivity index (χ1v) is 15.4. The maximum atomic E-state index is 14.3. The van der Waals surface area contributed by atoms with Crippen molar-refractivity contribution in [3.05, 3.63) is 87.4 Å². The summed E-state index contributed by atoms with van der Waals surface area (Å²) in [5.74, 6) is -12.2. The Hall–Kier alpha value is -5.90. The normalized spacial score (nSPS) is 12.2. The molecule has 0 amide bonds. The first-order chi connectivity index (χ1) is 24.8. The van der Waals surface area contributed by atoms with Gasteiger partial charge in [-0.25, -0.2) is 18.8 Å². The molecule has 0 aliphatic carbocycles. The van der Waals surface area contributed by atoms with Crippen LogP contribution in [0.25, 0.3) is 0 Å². The Balaban J connectivity index is 0.000000879. The number of hydrogen-bond donors (Lipinski definition) is 6. The lowest BCUT2D eigenvalue weighted by molar-refractivity contribution is -0.193. The number of hydrogen-bond acceptors (Lipinski definition) is 10. The minimum absolute atomic E-state index is 0.149. The topological polar surface area (TPSA) is 246 Å². The Kier molecular flexibility index (Phi) is 17.4. The van der Waals surface area contributed by atoms with Gasteiger partial charge in [-0.05, 0) is 49.4 Å². The third kappa shape index (κ3) is 16.2. The van der Waals surface area contributed by atoms with Crippen molar-refractivity contribution in [2.45, 2.75) is 44.2 Å². The molecule has 0 unspecified atom stereocenters. The maximum absolute atomic E-state index is 14.3. The molecule has 0 radical (unpaired) electrons. The van der Waals surface area contributed by atoms with Crippen molar-refractivity contribution < 1.29 is 84.7 Å². The number of rotatable bonds is 14. The van der Waals surface area contributed by atoms with E-state index in [-0.39, 0.29) is 35.0 Å². The number of aliphatic carboxylic acids is 4. The quantitative estimate of drug-likeness (QED) is 0.0421. The highest BCUT2D eigenvalue weighted by atomic mass is 32.1. The fraction of sp³-hybridized carbons (Fsp3) is 0.281. The molecule has 1 heterocycles. The third-order valence-corrected chi connectivity index (χ3v) is 7.64. The van der Waals surface area contributed by atoms with Crippen LogP contribution in [-0.4, -0.2) is 92.2 Å². The van der Waals surface area contributed by atoms with Crippen molar-refractivity contribution in [1.29, 1.82) is 5.41 Å². The van der Waals surface area contributed by atoms with Crippen molar-refractivity contribution in [3.63, 3.8) is 0 Å². The highest BCUT2D eigenvalue weighted by Crippen LogP contribution is 2.25. The van der Waals surface area contributed by atoms with E-state index in [2.05, 4.69) is 0 Å². The van der Waals surface area contributed by atoms with Gasteiger partial charge < -0.3 is 30.9 Å². The van der Waals surface area contributed by atoms with Gasteiger partial charge in [-0.1, -0.05) is 30.3 Å². The van der Waals surface area contributed by atoms with E-state index in [0.717, 1.165) is 23.0 Å². The molecule has 0 fully saturated rings. The number of carbonyl (C=O) groups is 6. The number of nitrogen functional groups attached to an aromatic ring is 1. The molecule has 0 bridgehead atoms. The molecule has 294 valence electrons. The van der Waals surface area contributed by atoms with Gasteiger partial charge in [0.05, 0.1) is 18.4 Å². The zero-order chi connectivity index (χ0) is 41.6. The maximum Gasteiger partial charge on any atom is 0.490 e. The predicted octanol–water partition coefficient (Wildman–Crippen LogP) is 4.83. The van der Waals surface area contributed by atoms with E-state index >= 15 is 0 Å². The highest BCUT2D eigenvalue weighted by Gasteiger charge is 2.39. The summed E-state index contributed by atoms with van der Waals surface area (Å²) in [4.78, 5) is 69.0. The number of ketones is 1. The van der Waals surface area contributed by atoms with Crippen molar-refractivity contribution in [2.75, 3.05) is 7.05 Å². The molecule has 1 aromatic heterocycles. The van der Waals surface area contributed by atoms with Crippen LogP contribution in [0.3, 0.4) is 0 Å². The molecular formula is C32H30F7N3O11S. The molecule has 22 heteroatoms. The van der Waals surface area contributed by atoms with Crippen LogP contribution >= 0.6 is 11.3 Å². The molecule has 2 aromatic carbocycles. The minimum atomic E-state index is -5.08. The number of carbonyl (C=O) groups excluding carboxylic acids is 2. The predicted molar refractivity (Wildman–Crippen MR) is 172 cm³/mol. The lowest BCUT2D eigenvalue weighted by Crippen LogP contribution is -2.41. The van der Waals surface area contributed by atoms with E-state index in [1.165, 1.54) is 18.2 Å². The number of benzene rings is 2. The lowest BCUT2D eigenvalue weighted by atomic mass is 9.92. The number of likely N-dealkylation sites (N-methyl/N-ethyl adjacent to an activating group) is 1. The number of carboxylic acids is 4. The summed E-state index contributed by atoms with van der Waals surface area (Å²) in [7, 11) is 1.68. The van der Waals surface area contributed by atoms with Gasteiger partial charge in [-0.2, -0.15) is 26.3 Å². The first kappa shape index (κ1) is 46.1. The number of Topliss-reactive ketones (excluding diaryl/α,β-unsaturated/α-hetero) is 1. The molecular weight excluding hydrogens is 767 g/mol. The molecule has 0 saturated heterocycles. The van der Waals surface area contributed by atoms with Crippen LogP contribution in [0.1, 0.15) is 38.5 Å².